The number of carbonyl (C=O) groups is 2. The van der Waals surface area contributed by atoms with Crippen molar-refractivity contribution in [3.8, 4) is 33.4 Å². The molecule has 0 amide bonds. The van der Waals surface area contributed by atoms with Gasteiger partial charge in [-0.2, -0.15) is 0 Å². The number of likely N-dealkylation sites (tertiary alicyclic amines) is 1. The van der Waals surface area contributed by atoms with Crippen molar-refractivity contribution in [3.05, 3.63) is 144 Å². The van der Waals surface area contributed by atoms with E-state index in [9.17, 15) is 9.59 Å². The molecule has 8 rings (SSSR count). The van der Waals surface area contributed by atoms with E-state index in [1.165, 1.54) is 19.3 Å². The lowest BCUT2D eigenvalue weighted by atomic mass is 9.93. The van der Waals surface area contributed by atoms with Crippen molar-refractivity contribution >= 4 is 33.4 Å². The lowest BCUT2D eigenvalue weighted by Gasteiger charge is -2.28. The third-order valence-electron chi connectivity index (χ3n) is 9.15. The number of fused-ring (bicyclic) bond motifs is 5. The highest BCUT2D eigenvalue weighted by Crippen LogP contribution is 2.53. The van der Waals surface area contributed by atoms with Crippen molar-refractivity contribution in [1.29, 1.82) is 0 Å². The molecule has 1 aromatic heterocycles. The first-order valence-corrected chi connectivity index (χ1v) is 17.8. The molecule has 8 heteroatoms. The number of hydrogen-bond acceptors (Lipinski definition) is 8. The normalized spacial score (nSPS) is 15.4. The Morgan fingerprint density at radius 1 is 0.700 bits per heavy atom. The van der Waals surface area contributed by atoms with Crippen LogP contribution in [0.15, 0.2) is 121 Å². The zero-order valence-corrected chi connectivity index (χ0v) is 28.2. The monoisotopic (exact) mass is 681 g/mol. The van der Waals surface area contributed by atoms with Gasteiger partial charge in [-0.15, -0.1) is 11.3 Å². The summed E-state index contributed by atoms with van der Waals surface area (Å²) in [6, 6.07) is 37.2. The summed E-state index contributed by atoms with van der Waals surface area (Å²) in [6.07, 6.45) is 3.40. The van der Waals surface area contributed by atoms with E-state index >= 15 is 0 Å². The molecule has 0 N–H and O–H groups in total. The van der Waals surface area contributed by atoms with E-state index in [-0.39, 0.29) is 0 Å². The molecule has 0 spiro atoms. The lowest BCUT2D eigenvalue weighted by Crippen LogP contribution is -2.33. The maximum Gasteiger partial charge on any atom is 0.343 e. The van der Waals surface area contributed by atoms with Crippen LogP contribution in [0.2, 0.25) is 0 Å². The quantitative estimate of drug-likeness (QED) is 0.111. The molecule has 6 aromatic rings. The fourth-order valence-electron chi connectivity index (χ4n) is 6.59. The van der Waals surface area contributed by atoms with Gasteiger partial charge in [0, 0.05) is 38.7 Å². The fourth-order valence-corrected chi connectivity index (χ4v) is 7.88. The second kappa shape index (κ2) is 14.2. The molecule has 250 valence electrons. The summed E-state index contributed by atoms with van der Waals surface area (Å²) < 4.78 is 25.4. The summed E-state index contributed by atoms with van der Waals surface area (Å²) in [5.74, 6) is 1.45. The number of ether oxygens (including phenoxy) is 4. The highest BCUT2D eigenvalue weighted by Gasteiger charge is 2.32. The van der Waals surface area contributed by atoms with E-state index in [0.29, 0.717) is 35.0 Å². The minimum Gasteiger partial charge on any atom is -0.492 e. The Morgan fingerprint density at radius 3 is 2.00 bits per heavy atom. The van der Waals surface area contributed by atoms with Gasteiger partial charge in [0.05, 0.1) is 11.1 Å². The molecule has 1 fully saturated rings. The first-order valence-electron chi connectivity index (χ1n) is 17.0. The van der Waals surface area contributed by atoms with E-state index in [1.54, 1.807) is 59.9 Å². The Hall–Kier alpha value is -5.44. The molecule has 0 bridgehead atoms. The molecule has 7 nitrogen and oxygen atoms in total. The van der Waals surface area contributed by atoms with Crippen LogP contribution < -0.4 is 18.9 Å². The average Bonchev–Trinajstić information content (AvgIpc) is 3.55. The molecular formula is C42H35NO6S. The van der Waals surface area contributed by atoms with Crippen LogP contribution in [0.25, 0.3) is 20.5 Å². The summed E-state index contributed by atoms with van der Waals surface area (Å²) in [4.78, 5) is 29.2. The summed E-state index contributed by atoms with van der Waals surface area (Å²) in [5.41, 5.74) is 3.86. The number of carbonyl (C=O) groups excluding carboxylic acids is 2. The Bertz CT molecular complexity index is 2140. The third-order valence-corrected chi connectivity index (χ3v) is 10.4. The summed E-state index contributed by atoms with van der Waals surface area (Å²) in [7, 11) is 0. The summed E-state index contributed by atoms with van der Waals surface area (Å²) in [6.45, 7) is 3.86. The predicted molar refractivity (Wildman–Crippen MR) is 195 cm³/mol. The van der Waals surface area contributed by atoms with Gasteiger partial charge in [0.25, 0.3) is 0 Å². The molecule has 0 radical (unpaired) electrons. The van der Waals surface area contributed by atoms with Gasteiger partial charge >= 0.3 is 11.9 Å². The maximum absolute atomic E-state index is 12.9. The average molecular weight is 682 g/mol. The summed E-state index contributed by atoms with van der Waals surface area (Å²) >= 11 is 1.61. The van der Waals surface area contributed by atoms with E-state index in [0.717, 1.165) is 57.0 Å². The zero-order valence-electron chi connectivity index (χ0n) is 27.4. The van der Waals surface area contributed by atoms with Crippen LogP contribution >= 0.6 is 11.3 Å². The van der Waals surface area contributed by atoms with Crippen LogP contribution in [0, 0.1) is 0 Å². The Morgan fingerprint density at radius 2 is 1.32 bits per heavy atom. The molecule has 2 aliphatic rings. The van der Waals surface area contributed by atoms with Crippen molar-refractivity contribution in [2.45, 2.75) is 25.4 Å². The van der Waals surface area contributed by atoms with E-state index in [2.05, 4.69) is 17.0 Å². The smallest absolute Gasteiger partial charge is 0.343 e. The van der Waals surface area contributed by atoms with E-state index < -0.39 is 18.0 Å². The summed E-state index contributed by atoms with van der Waals surface area (Å²) in [5, 5.41) is 1.02. The standard InChI is InChI=1S/C42H35NO6S/c44-41(29-10-4-1-5-11-29)47-32-18-20-34-36(26-32)49-39(28-14-16-31(17-15-28)46-25-24-43-22-8-3-9-23-43)38-35-21-19-33(27-37(35)50-40(34)38)48-42(45)30-12-6-2-7-13-30/h1-2,4-7,10-21,26-27,39H,3,8-9,22-25H2. The van der Waals surface area contributed by atoms with Gasteiger partial charge in [0.15, 0.2) is 6.10 Å². The van der Waals surface area contributed by atoms with Gasteiger partial charge in [0.1, 0.15) is 29.6 Å². The van der Waals surface area contributed by atoms with E-state index in [1.807, 2.05) is 60.7 Å². The minimum absolute atomic E-state index is 0.397. The van der Waals surface area contributed by atoms with Crippen LogP contribution in [0.3, 0.4) is 0 Å². The molecule has 3 heterocycles. The number of hydrogen-bond donors (Lipinski definition) is 0. The second-order valence-corrected chi connectivity index (χ2v) is 13.5. The van der Waals surface area contributed by atoms with Crippen LogP contribution in [0.4, 0.5) is 0 Å². The third kappa shape index (κ3) is 6.72. The number of nitrogens with zero attached hydrogens (tertiary/aromatic N) is 1. The number of esters is 2. The van der Waals surface area contributed by atoms with Gasteiger partial charge < -0.3 is 18.9 Å². The highest BCUT2D eigenvalue weighted by atomic mass is 32.1. The topological polar surface area (TPSA) is 74.3 Å². The molecular weight excluding hydrogens is 647 g/mol. The number of thiophene rings is 1. The largest absolute Gasteiger partial charge is 0.492 e. The van der Waals surface area contributed by atoms with Gasteiger partial charge in [0.2, 0.25) is 0 Å². The molecule has 0 saturated carbocycles. The Balaban J connectivity index is 1.10. The van der Waals surface area contributed by atoms with E-state index in [4.69, 9.17) is 18.9 Å². The molecule has 1 atom stereocenters. The number of benzene rings is 5. The lowest BCUT2D eigenvalue weighted by molar-refractivity contribution is 0.0725. The SMILES string of the molecule is O=C(Oc1ccc2c(c1)OC(c1ccc(OCCN3CCCCC3)cc1)c1c-2sc2cc(OC(=O)c3ccccc3)ccc12)c1ccccc1. The molecule has 2 aliphatic heterocycles. The number of piperidine rings is 1. The van der Waals surface area contributed by atoms with Gasteiger partial charge in [-0.3, -0.25) is 4.90 Å². The second-order valence-electron chi connectivity index (χ2n) is 12.5. The van der Waals surface area contributed by atoms with Gasteiger partial charge in [-0.1, -0.05) is 55.0 Å². The Labute approximate surface area is 294 Å². The van der Waals surface area contributed by atoms with Crippen LogP contribution in [0.1, 0.15) is 57.2 Å². The van der Waals surface area contributed by atoms with Crippen molar-refractivity contribution in [3.63, 3.8) is 0 Å². The first-order chi connectivity index (χ1) is 24.6. The molecule has 1 unspecified atom stereocenters. The van der Waals surface area contributed by atoms with Crippen LogP contribution in [-0.2, 0) is 0 Å². The molecule has 5 aromatic carbocycles. The van der Waals surface area contributed by atoms with Crippen molar-refractivity contribution in [1.82, 2.24) is 4.90 Å². The van der Waals surface area contributed by atoms with Gasteiger partial charge in [-0.25, -0.2) is 9.59 Å². The fraction of sp³-hybridized carbons (Fsp3) is 0.190. The highest BCUT2D eigenvalue weighted by molar-refractivity contribution is 7.22. The number of rotatable bonds is 9. The van der Waals surface area contributed by atoms with Crippen LogP contribution in [-0.4, -0.2) is 43.1 Å². The van der Waals surface area contributed by atoms with Crippen molar-refractivity contribution in [2.24, 2.45) is 0 Å². The van der Waals surface area contributed by atoms with Crippen LogP contribution in [0.5, 0.6) is 23.0 Å². The van der Waals surface area contributed by atoms with Crippen molar-refractivity contribution in [2.75, 3.05) is 26.2 Å². The first kappa shape index (κ1) is 31.8. The molecule has 0 aliphatic carbocycles. The van der Waals surface area contributed by atoms with Gasteiger partial charge in [-0.05, 0) is 98.2 Å². The Kier molecular flexibility index (Phi) is 9.03. The maximum atomic E-state index is 12.9. The predicted octanol–water partition coefficient (Wildman–Crippen LogP) is 9.35. The molecule has 50 heavy (non-hydrogen) atoms. The zero-order chi connectivity index (χ0) is 33.9. The molecule has 1 saturated heterocycles. The minimum atomic E-state index is -0.438. The van der Waals surface area contributed by atoms with Crippen molar-refractivity contribution < 1.29 is 28.5 Å².